The van der Waals surface area contributed by atoms with Gasteiger partial charge >= 0.3 is 0 Å². The van der Waals surface area contributed by atoms with E-state index < -0.39 is 14.9 Å². The zero-order valence-corrected chi connectivity index (χ0v) is 16.5. The third-order valence-corrected chi connectivity index (χ3v) is 6.45. The van der Waals surface area contributed by atoms with E-state index in [1.807, 2.05) is 0 Å². The molecule has 0 aliphatic carbocycles. The van der Waals surface area contributed by atoms with Gasteiger partial charge in [-0.25, -0.2) is 13.1 Å². The summed E-state index contributed by atoms with van der Waals surface area (Å²) >= 11 is 0. The van der Waals surface area contributed by atoms with Crippen LogP contribution in [0.1, 0.15) is 30.4 Å². The van der Waals surface area contributed by atoms with Crippen LogP contribution in [0.25, 0.3) is 0 Å². The first-order valence-electron chi connectivity index (χ1n) is 9.49. The van der Waals surface area contributed by atoms with Gasteiger partial charge in [-0.2, -0.15) is 0 Å². The number of hydrogen-bond acceptors (Lipinski definition) is 5. The van der Waals surface area contributed by atoms with Crippen LogP contribution in [-0.2, 0) is 23.0 Å². The lowest BCUT2D eigenvalue weighted by atomic mass is 10.00. The monoisotopic (exact) mass is 403 g/mol. The van der Waals surface area contributed by atoms with Crippen LogP contribution in [-0.4, -0.2) is 37.9 Å². The molecule has 0 bridgehead atoms. The van der Waals surface area contributed by atoms with Gasteiger partial charge in [0.25, 0.3) is 5.69 Å². The Kier molecular flexibility index (Phi) is 6.77. The summed E-state index contributed by atoms with van der Waals surface area (Å²) in [4.78, 5) is 12.6. The number of nitro benzene ring substituents is 1. The summed E-state index contributed by atoms with van der Waals surface area (Å²) in [6, 6.07) is 13.6. The Morgan fingerprint density at radius 2 is 1.82 bits per heavy atom. The lowest BCUT2D eigenvalue weighted by Gasteiger charge is -2.28. The molecule has 0 unspecified atom stereocenters. The van der Waals surface area contributed by atoms with Gasteiger partial charge in [0.15, 0.2) is 0 Å². The predicted molar refractivity (Wildman–Crippen MR) is 108 cm³/mol. The van der Waals surface area contributed by atoms with Crippen molar-refractivity contribution >= 4 is 15.7 Å². The number of unbranched alkanes of at least 4 members (excludes halogenated alkanes) is 2. The normalized spacial score (nSPS) is 14.6. The van der Waals surface area contributed by atoms with Gasteiger partial charge in [0.05, 0.1) is 9.82 Å². The van der Waals surface area contributed by atoms with Gasteiger partial charge in [-0.1, -0.05) is 36.8 Å². The van der Waals surface area contributed by atoms with Crippen molar-refractivity contribution in [2.24, 2.45) is 0 Å². The fourth-order valence-electron chi connectivity index (χ4n) is 3.44. The van der Waals surface area contributed by atoms with Gasteiger partial charge < -0.3 is 0 Å². The maximum atomic E-state index is 12.3. The van der Waals surface area contributed by atoms with Crippen molar-refractivity contribution in [3.05, 3.63) is 69.8 Å². The highest BCUT2D eigenvalue weighted by Gasteiger charge is 2.17. The van der Waals surface area contributed by atoms with Crippen LogP contribution >= 0.6 is 0 Å². The number of non-ortho nitro benzene ring substituents is 1. The molecule has 0 fully saturated rings. The van der Waals surface area contributed by atoms with E-state index in [1.165, 1.54) is 29.3 Å². The summed E-state index contributed by atoms with van der Waals surface area (Å²) in [5.74, 6) is 0. The molecule has 7 nitrogen and oxygen atoms in total. The molecule has 1 heterocycles. The number of hydrogen-bond donors (Lipinski definition) is 1. The molecule has 3 rings (SSSR count). The van der Waals surface area contributed by atoms with Crippen molar-refractivity contribution in [1.82, 2.24) is 9.62 Å². The molecule has 2 aromatic rings. The zero-order valence-electron chi connectivity index (χ0n) is 15.7. The molecular weight excluding hydrogens is 378 g/mol. The second kappa shape index (κ2) is 9.27. The van der Waals surface area contributed by atoms with Crippen LogP contribution in [0.3, 0.4) is 0 Å². The van der Waals surface area contributed by atoms with E-state index in [-0.39, 0.29) is 10.6 Å². The van der Waals surface area contributed by atoms with Crippen LogP contribution in [0, 0.1) is 10.1 Å². The number of nitro groups is 1. The minimum absolute atomic E-state index is 0.0753. The van der Waals surface area contributed by atoms with E-state index >= 15 is 0 Å². The summed E-state index contributed by atoms with van der Waals surface area (Å²) in [5, 5.41) is 10.8. The third kappa shape index (κ3) is 5.37. The number of nitrogens with zero attached hydrogens (tertiary/aromatic N) is 2. The average Bonchev–Trinajstić information content (AvgIpc) is 2.70. The number of benzene rings is 2. The van der Waals surface area contributed by atoms with E-state index in [0.717, 1.165) is 51.4 Å². The molecule has 1 aliphatic heterocycles. The smallest absolute Gasteiger partial charge is 0.270 e. The highest BCUT2D eigenvalue weighted by Crippen LogP contribution is 2.19. The molecule has 0 atom stereocenters. The molecular formula is C20H25N3O4S. The summed E-state index contributed by atoms with van der Waals surface area (Å²) in [7, 11) is -3.72. The van der Waals surface area contributed by atoms with Crippen LogP contribution in [0.4, 0.5) is 5.69 Å². The van der Waals surface area contributed by atoms with Crippen LogP contribution in [0.2, 0.25) is 0 Å². The lowest BCUT2D eigenvalue weighted by Crippen LogP contribution is -2.31. The molecule has 0 spiro atoms. The average molecular weight is 404 g/mol. The molecule has 0 amide bonds. The maximum Gasteiger partial charge on any atom is 0.270 e. The summed E-state index contributed by atoms with van der Waals surface area (Å²) in [6.07, 6.45) is 3.76. The number of nitrogens with one attached hydrogen (secondary N) is 1. The Morgan fingerprint density at radius 1 is 1.04 bits per heavy atom. The standard InChI is InChI=1S/C20H25N3O4S/c24-23(25)19-9-6-10-20(15-19)28(26,27)21-12-4-1-5-13-22-14-11-17-7-2-3-8-18(17)16-22/h2-3,6-10,15,21H,1,4-5,11-14,16H2. The van der Waals surface area contributed by atoms with Gasteiger partial charge in [-0.15, -0.1) is 0 Å². The van der Waals surface area contributed by atoms with E-state index in [2.05, 4.69) is 33.9 Å². The number of fused-ring (bicyclic) bond motifs is 1. The summed E-state index contributed by atoms with van der Waals surface area (Å²) < 4.78 is 27.1. The molecule has 28 heavy (non-hydrogen) atoms. The lowest BCUT2D eigenvalue weighted by molar-refractivity contribution is -0.385. The van der Waals surface area contributed by atoms with Crippen molar-refractivity contribution in [1.29, 1.82) is 0 Å². The molecule has 0 radical (unpaired) electrons. The fourth-order valence-corrected chi connectivity index (χ4v) is 4.55. The maximum absolute atomic E-state index is 12.3. The van der Waals surface area contributed by atoms with Crippen molar-refractivity contribution in [3.8, 4) is 0 Å². The topological polar surface area (TPSA) is 92.5 Å². The van der Waals surface area contributed by atoms with Crippen molar-refractivity contribution in [2.45, 2.75) is 37.1 Å². The molecule has 0 aromatic heterocycles. The highest BCUT2D eigenvalue weighted by atomic mass is 32.2. The molecule has 8 heteroatoms. The second-order valence-electron chi connectivity index (χ2n) is 7.01. The van der Waals surface area contributed by atoms with Gasteiger partial charge in [0.1, 0.15) is 0 Å². The highest BCUT2D eigenvalue weighted by molar-refractivity contribution is 7.89. The molecule has 2 aromatic carbocycles. The first-order chi connectivity index (χ1) is 13.5. The fraction of sp³-hybridized carbons (Fsp3) is 0.400. The summed E-state index contributed by atoms with van der Waals surface area (Å²) in [5.41, 5.74) is 2.61. The van der Waals surface area contributed by atoms with Crippen molar-refractivity contribution in [3.63, 3.8) is 0 Å². The van der Waals surface area contributed by atoms with Gasteiger partial charge in [0, 0.05) is 31.8 Å². The van der Waals surface area contributed by atoms with Crippen molar-refractivity contribution in [2.75, 3.05) is 19.6 Å². The second-order valence-corrected chi connectivity index (χ2v) is 8.77. The SMILES string of the molecule is O=[N+]([O-])c1cccc(S(=O)(=O)NCCCCCN2CCc3ccccc3C2)c1. The molecule has 1 aliphatic rings. The van der Waals surface area contributed by atoms with Crippen LogP contribution in [0.15, 0.2) is 53.4 Å². The number of sulfonamides is 1. The first-order valence-corrected chi connectivity index (χ1v) is 11.0. The minimum atomic E-state index is -3.72. The molecule has 0 saturated heterocycles. The first kappa shape index (κ1) is 20.4. The van der Waals surface area contributed by atoms with E-state index in [9.17, 15) is 18.5 Å². The molecule has 1 N–H and O–H groups in total. The van der Waals surface area contributed by atoms with Gasteiger partial charge in [0.2, 0.25) is 10.0 Å². The molecule has 0 saturated carbocycles. The van der Waals surface area contributed by atoms with Crippen molar-refractivity contribution < 1.29 is 13.3 Å². The van der Waals surface area contributed by atoms with Crippen LogP contribution < -0.4 is 4.72 Å². The Hall–Kier alpha value is -2.29. The zero-order chi connectivity index (χ0) is 20.0. The Labute approximate surface area is 165 Å². The Balaban J connectivity index is 1.38. The summed E-state index contributed by atoms with van der Waals surface area (Å²) in [6.45, 7) is 3.38. The largest absolute Gasteiger partial charge is 0.299 e. The number of rotatable bonds is 9. The minimum Gasteiger partial charge on any atom is -0.299 e. The van der Waals surface area contributed by atoms with E-state index in [1.54, 1.807) is 0 Å². The third-order valence-electron chi connectivity index (χ3n) is 4.99. The predicted octanol–water partition coefficient (Wildman–Crippen LogP) is 3.10. The van der Waals surface area contributed by atoms with Crippen LogP contribution in [0.5, 0.6) is 0 Å². The van der Waals surface area contributed by atoms with E-state index in [4.69, 9.17) is 0 Å². The van der Waals surface area contributed by atoms with Gasteiger partial charge in [-0.3, -0.25) is 15.0 Å². The quantitative estimate of drug-likeness (QED) is 0.395. The Morgan fingerprint density at radius 3 is 2.61 bits per heavy atom. The van der Waals surface area contributed by atoms with E-state index in [0.29, 0.717) is 6.54 Å². The Bertz CT molecular complexity index is 931. The molecule has 150 valence electrons. The van der Waals surface area contributed by atoms with Gasteiger partial charge in [-0.05, 0) is 43.0 Å².